The Balaban J connectivity index is 2.45. The smallest absolute Gasteiger partial charge is 0.191 e. The highest BCUT2D eigenvalue weighted by molar-refractivity contribution is 6.30. The molecular formula is C15H25ClN4. The number of guanidine groups is 1. The lowest BCUT2D eigenvalue weighted by molar-refractivity contribution is 0.399. The van der Waals surface area contributed by atoms with Gasteiger partial charge in [-0.05, 0) is 51.7 Å². The molecule has 0 bridgehead atoms. The van der Waals surface area contributed by atoms with Gasteiger partial charge >= 0.3 is 0 Å². The minimum absolute atomic E-state index is 0.629. The number of nitrogens with one attached hydrogen (secondary N) is 2. The summed E-state index contributed by atoms with van der Waals surface area (Å²) in [5.41, 5.74) is 1.11. The van der Waals surface area contributed by atoms with Crippen LogP contribution in [-0.4, -0.2) is 44.6 Å². The van der Waals surface area contributed by atoms with Crippen LogP contribution in [0.5, 0.6) is 0 Å². The van der Waals surface area contributed by atoms with Crippen molar-refractivity contribution in [2.45, 2.75) is 19.9 Å². The third-order valence-corrected chi connectivity index (χ3v) is 2.96. The fourth-order valence-corrected chi connectivity index (χ4v) is 1.96. The van der Waals surface area contributed by atoms with Gasteiger partial charge < -0.3 is 15.5 Å². The summed E-state index contributed by atoms with van der Waals surface area (Å²) < 4.78 is 0. The van der Waals surface area contributed by atoms with Crippen molar-refractivity contribution >= 4 is 17.6 Å². The van der Waals surface area contributed by atoms with Crippen molar-refractivity contribution in [2.75, 3.05) is 33.7 Å². The molecular weight excluding hydrogens is 272 g/mol. The summed E-state index contributed by atoms with van der Waals surface area (Å²) in [5, 5.41) is 7.34. The monoisotopic (exact) mass is 296 g/mol. The van der Waals surface area contributed by atoms with Gasteiger partial charge in [0.2, 0.25) is 0 Å². The van der Waals surface area contributed by atoms with Gasteiger partial charge in [-0.15, -0.1) is 0 Å². The maximum atomic E-state index is 5.97. The van der Waals surface area contributed by atoms with Crippen LogP contribution in [0.2, 0.25) is 5.02 Å². The lowest BCUT2D eigenvalue weighted by Crippen LogP contribution is -2.38. The Hall–Kier alpha value is -1.26. The fourth-order valence-electron chi connectivity index (χ4n) is 1.75. The second-order valence-electron chi connectivity index (χ2n) is 4.91. The maximum Gasteiger partial charge on any atom is 0.191 e. The molecule has 2 N–H and O–H groups in total. The van der Waals surface area contributed by atoms with E-state index in [-0.39, 0.29) is 0 Å². The highest BCUT2D eigenvalue weighted by Gasteiger charge is 1.98. The molecule has 20 heavy (non-hydrogen) atoms. The van der Waals surface area contributed by atoms with Gasteiger partial charge in [-0.3, -0.25) is 0 Å². The minimum Gasteiger partial charge on any atom is -0.357 e. The Morgan fingerprint density at radius 3 is 2.75 bits per heavy atom. The van der Waals surface area contributed by atoms with Crippen molar-refractivity contribution in [2.24, 2.45) is 4.99 Å². The molecule has 112 valence electrons. The summed E-state index contributed by atoms with van der Waals surface area (Å²) in [5.74, 6) is 0.853. The van der Waals surface area contributed by atoms with E-state index in [0.29, 0.717) is 6.54 Å². The molecule has 0 unspecified atom stereocenters. The average molecular weight is 297 g/mol. The molecule has 0 aliphatic carbocycles. The zero-order valence-electron chi connectivity index (χ0n) is 12.6. The van der Waals surface area contributed by atoms with Crippen LogP contribution in [0.3, 0.4) is 0 Å². The lowest BCUT2D eigenvalue weighted by atomic mass is 10.2. The predicted molar refractivity (Wildman–Crippen MR) is 87.4 cm³/mol. The Labute approximate surface area is 127 Å². The maximum absolute atomic E-state index is 5.97. The van der Waals surface area contributed by atoms with Crippen LogP contribution in [0.1, 0.15) is 18.9 Å². The van der Waals surface area contributed by atoms with Crippen LogP contribution in [0.15, 0.2) is 29.3 Å². The third kappa shape index (κ3) is 7.36. The van der Waals surface area contributed by atoms with Gasteiger partial charge in [0.1, 0.15) is 0 Å². The highest BCUT2D eigenvalue weighted by Crippen LogP contribution is 2.11. The molecule has 0 radical (unpaired) electrons. The summed E-state index contributed by atoms with van der Waals surface area (Å²) in [7, 11) is 4.16. The van der Waals surface area contributed by atoms with Crippen LogP contribution in [0, 0.1) is 0 Å². The number of rotatable bonds is 7. The molecule has 0 heterocycles. The van der Waals surface area contributed by atoms with Gasteiger partial charge in [0.05, 0.1) is 6.54 Å². The molecule has 4 nitrogen and oxygen atoms in total. The fraction of sp³-hybridized carbons (Fsp3) is 0.533. The average Bonchev–Trinajstić information content (AvgIpc) is 2.40. The number of hydrogen-bond donors (Lipinski definition) is 2. The van der Waals surface area contributed by atoms with E-state index in [2.05, 4.69) is 41.5 Å². The summed E-state index contributed by atoms with van der Waals surface area (Å²) in [4.78, 5) is 6.74. The molecule has 1 rings (SSSR count). The Morgan fingerprint density at radius 2 is 2.10 bits per heavy atom. The molecule has 0 saturated heterocycles. The van der Waals surface area contributed by atoms with Crippen LogP contribution in [-0.2, 0) is 6.54 Å². The van der Waals surface area contributed by atoms with Crippen molar-refractivity contribution in [3.05, 3.63) is 34.9 Å². The molecule has 0 fully saturated rings. The second kappa shape index (κ2) is 9.61. The van der Waals surface area contributed by atoms with E-state index in [1.165, 1.54) is 0 Å². The topological polar surface area (TPSA) is 39.7 Å². The normalized spacial score (nSPS) is 11.8. The van der Waals surface area contributed by atoms with E-state index in [4.69, 9.17) is 11.6 Å². The first-order valence-electron chi connectivity index (χ1n) is 7.03. The summed E-state index contributed by atoms with van der Waals surface area (Å²) in [6.07, 6.45) is 1.09. The first kappa shape index (κ1) is 16.8. The molecule has 0 spiro atoms. The molecule has 0 amide bonds. The SMILES string of the molecule is CCNC(=NCc1cccc(Cl)c1)NCCCN(C)C. The van der Waals surface area contributed by atoms with Crippen molar-refractivity contribution in [1.29, 1.82) is 0 Å². The second-order valence-corrected chi connectivity index (χ2v) is 5.35. The Bertz CT molecular complexity index is 418. The van der Waals surface area contributed by atoms with Gasteiger partial charge in [0.15, 0.2) is 5.96 Å². The molecule has 1 aromatic carbocycles. The van der Waals surface area contributed by atoms with Crippen molar-refractivity contribution in [3.8, 4) is 0 Å². The van der Waals surface area contributed by atoms with Crippen molar-refractivity contribution < 1.29 is 0 Å². The first-order chi connectivity index (χ1) is 9.61. The Morgan fingerprint density at radius 1 is 1.30 bits per heavy atom. The molecule has 0 aliphatic rings. The van der Waals surface area contributed by atoms with Crippen molar-refractivity contribution in [3.63, 3.8) is 0 Å². The molecule has 0 saturated carbocycles. The molecule has 1 aromatic rings. The van der Waals surface area contributed by atoms with E-state index < -0.39 is 0 Å². The van der Waals surface area contributed by atoms with E-state index in [1.807, 2.05) is 24.3 Å². The van der Waals surface area contributed by atoms with E-state index in [0.717, 1.165) is 42.6 Å². The van der Waals surface area contributed by atoms with Crippen LogP contribution in [0.25, 0.3) is 0 Å². The van der Waals surface area contributed by atoms with Gasteiger partial charge in [-0.25, -0.2) is 4.99 Å². The number of benzene rings is 1. The van der Waals surface area contributed by atoms with Crippen LogP contribution < -0.4 is 10.6 Å². The first-order valence-corrected chi connectivity index (χ1v) is 7.41. The Kier molecular flexibility index (Phi) is 8.07. The minimum atomic E-state index is 0.629. The van der Waals surface area contributed by atoms with Gasteiger partial charge in [0.25, 0.3) is 0 Å². The highest BCUT2D eigenvalue weighted by atomic mass is 35.5. The largest absolute Gasteiger partial charge is 0.357 e. The van der Waals surface area contributed by atoms with Crippen LogP contribution >= 0.6 is 11.6 Å². The standard InChI is InChI=1S/C15H25ClN4/c1-4-17-15(18-9-6-10-20(2)3)19-12-13-7-5-8-14(16)11-13/h5,7-8,11H,4,6,9-10,12H2,1-3H3,(H2,17,18,19). The lowest BCUT2D eigenvalue weighted by Gasteiger charge is -2.13. The zero-order valence-corrected chi connectivity index (χ0v) is 13.4. The molecule has 5 heteroatoms. The molecule has 0 aromatic heterocycles. The van der Waals surface area contributed by atoms with Crippen molar-refractivity contribution in [1.82, 2.24) is 15.5 Å². The number of nitrogens with zero attached hydrogens (tertiary/aromatic N) is 2. The van der Waals surface area contributed by atoms with Gasteiger partial charge in [0, 0.05) is 18.1 Å². The van der Waals surface area contributed by atoms with E-state index >= 15 is 0 Å². The van der Waals surface area contributed by atoms with E-state index in [1.54, 1.807) is 0 Å². The van der Waals surface area contributed by atoms with Crippen LogP contribution in [0.4, 0.5) is 0 Å². The molecule has 0 aliphatic heterocycles. The quantitative estimate of drug-likeness (QED) is 0.461. The third-order valence-electron chi connectivity index (χ3n) is 2.73. The van der Waals surface area contributed by atoms with Gasteiger partial charge in [-0.1, -0.05) is 23.7 Å². The molecule has 0 atom stereocenters. The number of hydrogen-bond acceptors (Lipinski definition) is 2. The zero-order chi connectivity index (χ0) is 14.8. The number of aliphatic imine (C=N–C) groups is 1. The summed E-state index contributed by atoms with van der Waals surface area (Å²) >= 11 is 5.97. The van der Waals surface area contributed by atoms with Gasteiger partial charge in [-0.2, -0.15) is 0 Å². The van der Waals surface area contributed by atoms with E-state index in [9.17, 15) is 0 Å². The number of halogens is 1. The predicted octanol–water partition coefficient (Wildman–Crippen LogP) is 2.35. The summed E-state index contributed by atoms with van der Waals surface area (Å²) in [6, 6.07) is 7.80. The summed E-state index contributed by atoms with van der Waals surface area (Å²) in [6.45, 7) is 5.54.